The first kappa shape index (κ1) is 14.8. The molecule has 0 saturated heterocycles. The van der Waals surface area contributed by atoms with E-state index in [0.29, 0.717) is 18.3 Å². The lowest BCUT2D eigenvalue weighted by Crippen LogP contribution is -2.47. The third-order valence-corrected chi connectivity index (χ3v) is 2.51. The van der Waals surface area contributed by atoms with Crippen LogP contribution in [0, 0.1) is 0 Å². The molecule has 1 rings (SSSR count). The molecule has 0 spiro atoms. The number of likely N-dealkylation sites (N-methyl/N-ethyl adjacent to an activating group) is 2. The summed E-state index contributed by atoms with van der Waals surface area (Å²) in [5, 5.41) is 6.68. The second-order valence-electron chi connectivity index (χ2n) is 3.81. The molecule has 0 radical (unpaired) electrons. The fourth-order valence-corrected chi connectivity index (χ4v) is 1.82. The van der Waals surface area contributed by atoms with Gasteiger partial charge in [-0.2, -0.15) is 8.42 Å². The number of hydrogen-bond donors (Lipinski definition) is 3. The van der Waals surface area contributed by atoms with E-state index in [1.54, 1.807) is 0 Å². The molecule has 3 N–H and O–H groups in total. The van der Waals surface area contributed by atoms with E-state index >= 15 is 0 Å². The molecule has 5 nitrogen and oxygen atoms in total. The Labute approximate surface area is 92.4 Å². The smallest absolute Gasteiger partial charge is 0.261 e. The summed E-state index contributed by atoms with van der Waals surface area (Å²) in [5.41, 5.74) is 0. The SMILES string of the molecule is CN[C@@H]1CCCC[C@H]1NC.CS(=O)(=O)O. The van der Waals surface area contributed by atoms with Crippen LogP contribution in [0.2, 0.25) is 0 Å². The Bertz CT molecular complexity index is 234. The van der Waals surface area contributed by atoms with Gasteiger partial charge in [0, 0.05) is 12.1 Å². The minimum Gasteiger partial charge on any atom is -0.315 e. The molecule has 0 aromatic rings. The van der Waals surface area contributed by atoms with Crippen molar-refractivity contribution in [1.82, 2.24) is 10.6 Å². The summed E-state index contributed by atoms with van der Waals surface area (Å²) in [6, 6.07) is 1.41. The highest BCUT2D eigenvalue weighted by Crippen LogP contribution is 2.17. The molecule has 92 valence electrons. The molecule has 1 aliphatic rings. The first-order chi connectivity index (χ1) is 6.88. The highest BCUT2D eigenvalue weighted by Gasteiger charge is 2.21. The van der Waals surface area contributed by atoms with Crippen LogP contribution in [0.25, 0.3) is 0 Å². The average Bonchev–Trinajstić information content (AvgIpc) is 2.15. The first-order valence-corrected chi connectivity index (χ1v) is 7.00. The summed E-state index contributed by atoms with van der Waals surface area (Å²) in [6.45, 7) is 0. The quantitative estimate of drug-likeness (QED) is 0.601. The predicted molar refractivity (Wildman–Crippen MR) is 61.6 cm³/mol. The van der Waals surface area contributed by atoms with Crippen molar-refractivity contribution in [2.75, 3.05) is 20.4 Å². The van der Waals surface area contributed by atoms with Crippen molar-refractivity contribution in [2.24, 2.45) is 0 Å². The highest BCUT2D eigenvalue weighted by molar-refractivity contribution is 7.85. The second-order valence-corrected chi connectivity index (χ2v) is 5.27. The van der Waals surface area contributed by atoms with Crippen molar-refractivity contribution in [3.05, 3.63) is 0 Å². The van der Waals surface area contributed by atoms with Crippen molar-refractivity contribution in [2.45, 2.75) is 37.8 Å². The van der Waals surface area contributed by atoms with Crippen LogP contribution in [0.5, 0.6) is 0 Å². The first-order valence-electron chi connectivity index (χ1n) is 5.15. The summed E-state index contributed by atoms with van der Waals surface area (Å²) in [4.78, 5) is 0. The Morgan fingerprint density at radius 3 is 1.53 bits per heavy atom. The van der Waals surface area contributed by atoms with Crippen molar-refractivity contribution in [3.8, 4) is 0 Å². The molecule has 1 fully saturated rings. The van der Waals surface area contributed by atoms with E-state index in [0.717, 1.165) is 0 Å². The Balaban J connectivity index is 0.000000336. The van der Waals surface area contributed by atoms with Crippen LogP contribution in [0.1, 0.15) is 25.7 Å². The maximum absolute atomic E-state index is 9.19. The topological polar surface area (TPSA) is 78.4 Å². The third kappa shape index (κ3) is 8.80. The van der Waals surface area contributed by atoms with Gasteiger partial charge in [0.25, 0.3) is 10.1 Å². The minimum atomic E-state index is -3.67. The van der Waals surface area contributed by atoms with Crippen molar-refractivity contribution in [1.29, 1.82) is 0 Å². The summed E-state index contributed by atoms with van der Waals surface area (Å²) >= 11 is 0. The normalized spacial score (nSPS) is 26.7. The van der Waals surface area contributed by atoms with Crippen LogP contribution in [-0.2, 0) is 10.1 Å². The van der Waals surface area contributed by atoms with Gasteiger partial charge in [-0.1, -0.05) is 12.8 Å². The molecule has 1 aliphatic carbocycles. The maximum atomic E-state index is 9.19. The number of nitrogens with one attached hydrogen (secondary N) is 2. The van der Waals surface area contributed by atoms with E-state index in [9.17, 15) is 8.42 Å². The maximum Gasteiger partial charge on any atom is 0.261 e. The van der Waals surface area contributed by atoms with Gasteiger partial charge in [0.15, 0.2) is 0 Å². The molecule has 0 amide bonds. The van der Waals surface area contributed by atoms with E-state index in [-0.39, 0.29) is 0 Å². The molecular weight excluding hydrogens is 216 g/mol. The molecule has 0 aromatic carbocycles. The summed E-state index contributed by atoms with van der Waals surface area (Å²) in [6.07, 6.45) is 6.17. The van der Waals surface area contributed by atoms with Gasteiger partial charge < -0.3 is 10.6 Å². The molecule has 1 saturated carbocycles. The molecule has 0 bridgehead atoms. The van der Waals surface area contributed by atoms with Crippen LogP contribution in [-0.4, -0.2) is 45.4 Å². The van der Waals surface area contributed by atoms with Crippen LogP contribution in [0.15, 0.2) is 0 Å². The monoisotopic (exact) mass is 238 g/mol. The Kier molecular flexibility index (Phi) is 7.08. The minimum absolute atomic E-state index is 0.707. The summed E-state index contributed by atoms with van der Waals surface area (Å²) in [5.74, 6) is 0. The van der Waals surface area contributed by atoms with E-state index < -0.39 is 10.1 Å². The molecule has 0 aliphatic heterocycles. The Hall–Kier alpha value is -0.170. The predicted octanol–water partition coefficient (Wildman–Crippen LogP) is 0.240. The van der Waals surface area contributed by atoms with Crippen LogP contribution >= 0.6 is 0 Å². The lowest BCUT2D eigenvalue weighted by molar-refractivity contribution is 0.309. The standard InChI is InChI=1S/C8H18N2.CH4O3S/c1-9-7-5-3-4-6-8(7)10-2;1-5(2,3)4/h7-10H,3-6H2,1-2H3;1H3,(H,2,3,4)/t7-,8-;/m1./s1. The molecule has 6 heteroatoms. The summed E-state index contributed by atoms with van der Waals surface area (Å²) in [7, 11) is 0.445. The number of rotatable bonds is 2. The Morgan fingerprint density at radius 1 is 1.07 bits per heavy atom. The third-order valence-electron chi connectivity index (χ3n) is 2.51. The van der Waals surface area contributed by atoms with E-state index in [1.807, 2.05) is 0 Å². The van der Waals surface area contributed by atoms with Crippen LogP contribution in [0.3, 0.4) is 0 Å². The van der Waals surface area contributed by atoms with Crippen LogP contribution < -0.4 is 10.6 Å². The van der Waals surface area contributed by atoms with Gasteiger partial charge in [-0.25, -0.2) is 0 Å². The van der Waals surface area contributed by atoms with Crippen molar-refractivity contribution >= 4 is 10.1 Å². The van der Waals surface area contributed by atoms with Crippen LogP contribution in [0.4, 0.5) is 0 Å². The molecule has 2 atom stereocenters. The van der Waals surface area contributed by atoms with Crippen molar-refractivity contribution < 1.29 is 13.0 Å². The molecule has 0 aromatic heterocycles. The zero-order valence-electron chi connectivity index (χ0n) is 9.66. The van der Waals surface area contributed by atoms with Gasteiger partial charge in [0.2, 0.25) is 0 Å². The largest absolute Gasteiger partial charge is 0.315 e. The zero-order valence-corrected chi connectivity index (χ0v) is 10.5. The van der Waals surface area contributed by atoms with Gasteiger partial charge in [0.05, 0.1) is 6.26 Å². The van der Waals surface area contributed by atoms with Crippen molar-refractivity contribution in [3.63, 3.8) is 0 Å². The molecule has 0 heterocycles. The fraction of sp³-hybridized carbons (Fsp3) is 1.00. The zero-order chi connectivity index (χ0) is 11.9. The number of hydrogen-bond acceptors (Lipinski definition) is 4. The lowest BCUT2D eigenvalue weighted by Gasteiger charge is -2.30. The lowest BCUT2D eigenvalue weighted by atomic mass is 9.91. The Morgan fingerprint density at radius 2 is 1.33 bits per heavy atom. The van der Waals surface area contributed by atoms with Gasteiger partial charge in [-0.15, -0.1) is 0 Å². The van der Waals surface area contributed by atoms with Gasteiger partial charge in [-0.3, -0.25) is 4.55 Å². The van der Waals surface area contributed by atoms with Gasteiger partial charge in [-0.05, 0) is 26.9 Å². The van der Waals surface area contributed by atoms with E-state index in [2.05, 4.69) is 24.7 Å². The second kappa shape index (κ2) is 7.16. The summed E-state index contributed by atoms with van der Waals surface area (Å²) < 4.78 is 25.9. The molecule has 15 heavy (non-hydrogen) atoms. The van der Waals surface area contributed by atoms with E-state index in [1.165, 1.54) is 25.7 Å². The fourth-order valence-electron chi connectivity index (χ4n) is 1.82. The average molecular weight is 238 g/mol. The highest BCUT2D eigenvalue weighted by atomic mass is 32.2. The van der Waals surface area contributed by atoms with E-state index in [4.69, 9.17) is 4.55 Å². The van der Waals surface area contributed by atoms with Gasteiger partial charge >= 0.3 is 0 Å². The molecular formula is C9H22N2O3S. The van der Waals surface area contributed by atoms with Gasteiger partial charge in [0.1, 0.15) is 0 Å². The molecule has 0 unspecified atom stereocenters.